The Morgan fingerprint density at radius 2 is 2.07 bits per heavy atom. The van der Waals surface area contributed by atoms with E-state index in [1.807, 2.05) is 0 Å². The molecule has 7 nitrogen and oxygen atoms in total. The van der Waals surface area contributed by atoms with Crippen LogP contribution in [0, 0.1) is 17.2 Å². The number of halogens is 1. The number of sulfonamides is 1. The molecule has 160 valence electrons. The fourth-order valence-electron chi connectivity index (χ4n) is 4.29. The maximum absolute atomic E-state index is 13.1. The molecular weight excluding hydrogens is 470 g/mol. The van der Waals surface area contributed by atoms with Crippen LogP contribution in [0.4, 0.5) is 0 Å². The number of nitrogens with zero attached hydrogens (tertiary/aromatic N) is 1. The largest absolute Gasteiger partial charge is 0.505 e. The Morgan fingerprint density at radius 1 is 1.37 bits per heavy atom. The number of aromatic hydroxyl groups is 1. The van der Waals surface area contributed by atoms with Crippen molar-refractivity contribution in [2.24, 2.45) is 5.92 Å². The van der Waals surface area contributed by atoms with Crippen LogP contribution in [0.25, 0.3) is 0 Å². The number of dihydropyridines is 1. The van der Waals surface area contributed by atoms with E-state index in [2.05, 4.69) is 39.0 Å². The molecule has 1 heterocycles. The average molecular weight is 494 g/mol. The Bertz CT molecular complexity index is 1120. The topological polar surface area (TPSA) is 119 Å². The summed E-state index contributed by atoms with van der Waals surface area (Å²) in [5, 5.41) is 23.4. The van der Waals surface area contributed by atoms with E-state index in [0.29, 0.717) is 35.2 Å². The van der Waals surface area contributed by atoms with Crippen LogP contribution in [0.3, 0.4) is 0 Å². The van der Waals surface area contributed by atoms with Gasteiger partial charge in [0.1, 0.15) is 10.6 Å². The molecule has 1 aromatic carbocycles. The number of carbonyl (C=O) groups excluding carboxylic acids is 1. The molecule has 9 heteroatoms. The van der Waals surface area contributed by atoms with E-state index in [0.717, 1.165) is 18.5 Å². The summed E-state index contributed by atoms with van der Waals surface area (Å²) < 4.78 is 27.2. The molecule has 3 rings (SSSR count). The van der Waals surface area contributed by atoms with Gasteiger partial charge in [-0.1, -0.05) is 13.3 Å². The average Bonchev–Trinajstić information content (AvgIpc) is 2.69. The molecule has 0 bridgehead atoms. The third-order valence-electron chi connectivity index (χ3n) is 5.67. The number of benzene rings is 1. The molecule has 0 radical (unpaired) electrons. The molecule has 3 N–H and O–H groups in total. The highest BCUT2D eigenvalue weighted by atomic mass is 79.9. The normalized spacial score (nSPS) is 21.9. The first-order valence-electron chi connectivity index (χ1n) is 9.74. The van der Waals surface area contributed by atoms with Crippen molar-refractivity contribution >= 4 is 31.7 Å². The molecule has 2 aliphatic rings. The van der Waals surface area contributed by atoms with Crippen molar-refractivity contribution in [3.05, 3.63) is 44.7 Å². The van der Waals surface area contributed by atoms with Crippen molar-refractivity contribution in [2.45, 2.75) is 50.3 Å². The minimum Gasteiger partial charge on any atom is -0.505 e. The summed E-state index contributed by atoms with van der Waals surface area (Å²) in [6.45, 7) is 3.87. The Hall–Kier alpha value is -2.15. The van der Waals surface area contributed by atoms with Gasteiger partial charge >= 0.3 is 0 Å². The molecule has 0 amide bonds. The molecule has 30 heavy (non-hydrogen) atoms. The summed E-state index contributed by atoms with van der Waals surface area (Å²) in [7, 11) is -2.70. The van der Waals surface area contributed by atoms with Crippen molar-refractivity contribution in [3.63, 3.8) is 0 Å². The maximum atomic E-state index is 13.1. The van der Waals surface area contributed by atoms with Crippen molar-refractivity contribution in [2.75, 3.05) is 7.05 Å². The van der Waals surface area contributed by atoms with E-state index in [-0.39, 0.29) is 21.1 Å². The van der Waals surface area contributed by atoms with Gasteiger partial charge < -0.3 is 10.4 Å². The predicted octanol–water partition coefficient (Wildman–Crippen LogP) is 3.58. The molecule has 1 aliphatic carbocycles. The monoisotopic (exact) mass is 493 g/mol. The lowest BCUT2D eigenvalue weighted by Gasteiger charge is -2.35. The number of allylic oxidation sites excluding steroid dienone is 4. The van der Waals surface area contributed by atoms with E-state index in [1.54, 1.807) is 13.0 Å². The van der Waals surface area contributed by atoms with Gasteiger partial charge in [-0.05, 0) is 66.4 Å². The highest BCUT2D eigenvalue weighted by molar-refractivity contribution is 9.10. The lowest BCUT2D eigenvalue weighted by molar-refractivity contribution is -0.117. The van der Waals surface area contributed by atoms with Crippen LogP contribution in [0.2, 0.25) is 0 Å². The van der Waals surface area contributed by atoms with Gasteiger partial charge in [0.25, 0.3) is 0 Å². The molecule has 0 spiro atoms. The SMILES string of the molecule is CCCC1CC(=O)C2=C(C1)NC(C)=C(C#N)C2c1cc(Br)c(O)c(S(=O)(=O)NC)c1. The third kappa shape index (κ3) is 3.92. The summed E-state index contributed by atoms with van der Waals surface area (Å²) in [6, 6.07) is 5.09. The molecule has 0 fully saturated rings. The van der Waals surface area contributed by atoms with Gasteiger partial charge in [-0.2, -0.15) is 5.26 Å². The molecule has 0 saturated heterocycles. The number of hydrogen-bond donors (Lipinski definition) is 3. The maximum Gasteiger partial charge on any atom is 0.244 e. The predicted molar refractivity (Wildman–Crippen MR) is 116 cm³/mol. The number of hydrogen-bond acceptors (Lipinski definition) is 6. The molecule has 2 unspecified atom stereocenters. The fraction of sp³-hybridized carbons (Fsp3) is 0.429. The van der Waals surface area contributed by atoms with Gasteiger partial charge in [-0.3, -0.25) is 4.79 Å². The number of nitriles is 1. The number of ketones is 1. The van der Waals surface area contributed by atoms with E-state index in [4.69, 9.17) is 0 Å². The van der Waals surface area contributed by atoms with E-state index >= 15 is 0 Å². The summed E-state index contributed by atoms with van der Waals surface area (Å²) in [4.78, 5) is 12.8. The van der Waals surface area contributed by atoms with Crippen molar-refractivity contribution in [1.29, 1.82) is 5.26 Å². The van der Waals surface area contributed by atoms with E-state index in [1.165, 1.54) is 13.1 Å². The summed E-state index contributed by atoms with van der Waals surface area (Å²) in [5.74, 6) is -0.898. The minimum absolute atomic E-state index is 0.0327. The van der Waals surface area contributed by atoms with Crippen molar-refractivity contribution in [1.82, 2.24) is 10.0 Å². The van der Waals surface area contributed by atoms with Gasteiger partial charge in [0.2, 0.25) is 10.0 Å². The second-order valence-corrected chi connectivity index (χ2v) is 10.4. The lowest BCUT2D eigenvalue weighted by Crippen LogP contribution is -2.34. The molecule has 2 atom stereocenters. The first-order chi connectivity index (χ1) is 14.1. The van der Waals surface area contributed by atoms with Crippen LogP contribution >= 0.6 is 15.9 Å². The van der Waals surface area contributed by atoms with Gasteiger partial charge in [0.15, 0.2) is 5.78 Å². The molecule has 0 saturated carbocycles. The number of phenols is 1. The summed E-state index contributed by atoms with van der Waals surface area (Å²) in [6.07, 6.45) is 3.04. The van der Waals surface area contributed by atoms with Crippen LogP contribution < -0.4 is 10.0 Å². The van der Waals surface area contributed by atoms with Gasteiger partial charge in [0.05, 0.1) is 22.0 Å². The highest BCUT2D eigenvalue weighted by Gasteiger charge is 2.39. The summed E-state index contributed by atoms with van der Waals surface area (Å²) >= 11 is 3.22. The first kappa shape index (κ1) is 22.5. The number of nitrogens with one attached hydrogen (secondary N) is 2. The molecule has 0 aromatic heterocycles. The van der Waals surface area contributed by atoms with Crippen LogP contribution in [0.15, 0.2) is 44.0 Å². The summed E-state index contributed by atoms with van der Waals surface area (Å²) in [5.41, 5.74) is 2.78. The van der Waals surface area contributed by atoms with Crippen molar-refractivity contribution < 1.29 is 18.3 Å². The lowest BCUT2D eigenvalue weighted by atomic mass is 9.72. The van der Waals surface area contributed by atoms with Gasteiger partial charge in [-0.25, -0.2) is 13.1 Å². The van der Waals surface area contributed by atoms with Crippen LogP contribution in [0.1, 0.15) is 51.0 Å². The zero-order valence-electron chi connectivity index (χ0n) is 17.0. The van der Waals surface area contributed by atoms with Crippen LogP contribution in [0.5, 0.6) is 5.75 Å². The smallest absolute Gasteiger partial charge is 0.244 e. The Morgan fingerprint density at radius 3 is 2.67 bits per heavy atom. The van der Waals surface area contributed by atoms with Crippen molar-refractivity contribution in [3.8, 4) is 11.8 Å². The second-order valence-electron chi connectivity index (χ2n) is 7.64. The number of carbonyl (C=O) groups is 1. The second kappa shape index (κ2) is 8.53. The molecular formula is C21H24BrN3O4S. The Kier molecular flexibility index (Phi) is 6.41. The van der Waals surface area contributed by atoms with Crippen LogP contribution in [-0.4, -0.2) is 26.4 Å². The van der Waals surface area contributed by atoms with Gasteiger partial charge in [-0.15, -0.1) is 0 Å². The number of phenolic OH excluding ortho intramolecular Hbond substituents is 1. The quantitative estimate of drug-likeness (QED) is 0.576. The van der Waals surface area contributed by atoms with E-state index < -0.39 is 21.7 Å². The first-order valence-corrected chi connectivity index (χ1v) is 12.0. The van der Waals surface area contributed by atoms with Gasteiger partial charge in [0, 0.05) is 23.4 Å². The number of Topliss-reactive ketones (excluding diaryl/α,β-unsaturated/α-hetero) is 1. The number of rotatable bonds is 5. The Labute approximate surface area is 185 Å². The highest BCUT2D eigenvalue weighted by Crippen LogP contribution is 2.46. The third-order valence-corrected chi connectivity index (χ3v) is 7.70. The Balaban J connectivity index is 2.23. The molecule has 1 aliphatic heterocycles. The standard InChI is InChI=1S/C21H24BrN3O4S/c1-4-5-12-6-16-20(17(26)7-12)19(14(10-23)11(2)25-16)13-8-15(22)21(27)18(9-13)30(28,29)24-3/h8-9,12,19,24-25,27H,4-7H2,1-3H3. The molecule has 1 aromatic rings. The fourth-order valence-corrected chi connectivity index (χ4v) is 5.77. The minimum atomic E-state index is -3.95. The van der Waals surface area contributed by atoms with E-state index in [9.17, 15) is 23.6 Å². The zero-order valence-corrected chi connectivity index (χ0v) is 19.4. The van der Waals surface area contributed by atoms with Crippen LogP contribution in [-0.2, 0) is 14.8 Å². The zero-order chi connectivity index (χ0) is 22.2.